The van der Waals surface area contributed by atoms with E-state index < -0.39 is 22.5 Å². The van der Waals surface area contributed by atoms with Crippen LogP contribution in [0, 0.1) is 0 Å². The molecule has 0 aliphatic rings. The molecule has 1 N–H and O–H groups in total. The Morgan fingerprint density at radius 1 is 1.00 bits per heavy atom. The van der Waals surface area contributed by atoms with Crippen molar-refractivity contribution in [1.29, 1.82) is 0 Å². The summed E-state index contributed by atoms with van der Waals surface area (Å²) < 4.78 is 39.9. The summed E-state index contributed by atoms with van der Waals surface area (Å²) in [6.45, 7) is -0.190. The summed E-state index contributed by atoms with van der Waals surface area (Å²) in [7, 11) is -2.57. The second kappa shape index (κ2) is 13.5. The van der Waals surface area contributed by atoms with Crippen LogP contribution in [0.1, 0.15) is 11.1 Å². The third-order valence-corrected chi connectivity index (χ3v) is 8.30. The minimum Gasteiger partial charge on any atom is -0.493 e. The zero-order chi connectivity index (χ0) is 28.5. The average molecular weight is 643 g/mol. The van der Waals surface area contributed by atoms with Gasteiger partial charge < -0.3 is 9.47 Å². The number of nitrogens with one attached hydrogen (secondary N) is 1. The summed E-state index contributed by atoms with van der Waals surface area (Å²) in [4.78, 5) is 12.9. The van der Waals surface area contributed by atoms with E-state index in [1.165, 1.54) is 31.5 Å². The van der Waals surface area contributed by atoms with Gasteiger partial charge in [0.1, 0.15) is 13.2 Å². The van der Waals surface area contributed by atoms with Crippen molar-refractivity contribution < 1.29 is 22.7 Å². The molecule has 4 aromatic carbocycles. The van der Waals surface area contributed by atoms with E-state index in [1.807, 2.05) is 30.3 Å². The predicted octanol–water partition coefficient (Wildman–Crippen LogP) is 6.04. The number of carbonyl (C=O) groups excluding carboxylic acids is 1. The third kappa shape index (κ3) is 7.20. The van der Waals surface area contributed by atoms with Crippen molar-refractivity contribution in [3.63, 3.8) is 0 Å². The lowest BCUT2D eigenvalue weighted by Gasteiger charge is -2.24. The number of methoxy groups -OCH3 is 1. The molecule has 0 aliphatic carbocycles. The first-order chi connectivity index (χ1) is 19.3. The maximum absolute atomic E-state index is 13.4. The molecule has 0 radical (unpaired) electrons. The second-order valence-electron chi connectivity index (χ2n) is 8.38. The van der Waals surface area contributed by atoms with E-state index in [0.717, 1.165) is 9.87 Å². The number of carbonyl (C=O) groups is 1. The van der Waals surface area contributed by atoms with Gasteiger partial charge in [-0.3, -0.25) is 9.10 Å². The molecule has 0 saturated carbocycles. The van der Waals surface area contributed by atoms with Gasteiger partial charge >= 0.3 is 0 Å². The molecule has 40 heavy (non-hydrogen) atoms. The Morgan fingerprint density at radius 3 is 2.33 bits per heavy atom. The molecule has 8 nitrogen and oxygen atoms in total. The molecule has 0 fully saturated rings. The lowest BCUT2D eigenvalue weighted by Crippen LogP contribution is -2.39. The minimum atomic E-state index is -4.09. The summed E-state index contributed by atoms with van der Waals surface area (Å²) >= 11 is 9.80. The molecule has 11 heteroatoms. The highest BCUT2D eigenvalue weighted by atomic mass is 79.9. The van der Waals surface area contributed by atoms with E-state index in [1.54, 1.807) is 48.5 Å². The number of hydrogen-bond acceptors (Lipinski definition) is 6. The summed E-state index contributed by atoms with van der Waals surface area (Å²) in [6, 6.07) is 27.4. The van der Waals surface area contributed by atoms with E-state index >= 15 is 0 Å². The van der Waals surface area contributed by atoms with Crippen LogP contribution in [0.5, 0.6) is 11.5 Å². The molecule has 0 saturated heterocycles. The van der Waals surface area contributed by atoms with Crippen molar-refractivity contribution in [2.45, 2.75) is 11.5 Å². The summed E-state index contributed by atoms with van der Waals surface area (Å²) in [6.07, 6.45) is 1.41. The molecule has 0 atom stereocenters. The van der Waals surface area contributed by atoms with E-state index in [0.29, 0.717) is 28.1 Å². The molecule has 0 aliphatic heterocycles. The third-order valence-electron chi connectivity index (χ3n) is 5.62. The number of hydrazone groups is 1. The van der Waals surface area contributed by atoms with E-state index in [-0.39, 0.29) is 15.6 Å². The molecule has 0 spiro atoms. The zero-order valence-corrected chi connectivity index (χ0v) is 24.5. The van der Waals surface area contributed by atoms with Crippen molar-refractivity contribution in [2.24, 2.45) is 5.10 Å². The Morgan fingerprint density at radius 2 is 1.65 bits per heavy atom. The highest BCUT2D eigenvalue weighted by Gasteiger charge is 2.28. The Balaban J connectivity index is 1.49. The fourth-order valence-electron chi connectivity index (χ4n) is 3.70. The molecular weight excluding hydrogens is 618 g/mol. The Labute approximate surface area is 246 Å². The van der Waals surface area contributed by atoms with Crippen molar-refractivity contribution >= 4 is 55.4 Å². The molecular formula is C29H25BrClN3O5S. The number of ether oxygens (including phenoxy) is 2. The number of hydrogen-bond donors (Lipinski definition) is 1. The normalized spacial score (nSPS) is 11.3. The predicted molar refractivity (Wildman–Crippen MR) is 160 cm³/mol. The first kappa shape index (κ1) is 29.1. The fourth-order valence-corrected chi connectivity index (χ4v) is 6.03. The van der Waals surface area contributed by atoms with Crippen LogP contribution in [-0.2, 0) is 21.4 Å². The van der Waals surface area contributed by atoms with Gasteiger partial charge in [-0.05, 0) is 63.5 Å². The average Bonchev–Trinajstić information content (AvgIpc) is 2.96. The quantitative estimate of drug-likeness (QED) is 0.159. The number of para-hydroxylation sites is 1. The van der Waals surface area contributed by atoms with Crippen molar-refractivity contribution in [1.82, 2.24) is 5.43 Å². The Bertz CT molecular complexity index is 1600. The molecule has 0 bridgehead atoms. The van der Waals surface area contributed by atoms with Gasteiger partial charge in [0.15, 0.2) is 11.5 Å². The van der Waals surface area contributed by atoms with Crippen LogP contribution in [0.2, 0.25) is 5.02 Å². The number of amides is 1. The molecule has 0 unspecified atom stereocenters. The Kier molecular flexibility index (Phi) is 9.81. The summed E-state index contributed by atoms with van der Waals surface area (Å²) in [5.41, 5.74) is 4.17. The number of nitrogens with zero attached hydrogens (tertiary/aromatic N) is 2. The van der Waals surface area contributed by atoms with Crippen LogP contribution in [0.15, 0.2) is 112 Å². The van der Waals surface area contributed by atoms with E-state index in [4.69, 9.17) is 21.1 Å². The van der Waals surface area contributed by atoms with Gasteiger partial charge in [-0.15, -0.1) is 0 Å². The van der Waals surface area contributed by atoms with E-state index in [2.05, 4.69) is 26.5 Å². The van der Waals surface area contributed by atoms with Gasteiger partial charge in [-0.2, -0.15) is 5.10 Å². The highest BCUT2D eigenvalue weighted by molar-refractivity contribution is 9.10. The smallest absolute Gasteiger partial charge is 0.264 e. The first-order valence-electron chi connectivity index (χ1n) is 12.0. The van der Waals surface area contributed by atoms with Gasteiger partial charge in [0.2, 0.25) is 0 Å². The molecule has 4 aromatic rings. The monoisotopic (exact) mass is 641 g/mol. The molecule has 4 rings (SSSR count). The molecule has 206 valence electrons. The second-order valence-corrected chi connectivity index (χ2v) is 11.5. The van der Waals surface area contributed by atoms with Gasteiger partial charge in [-0.25, -0.2) is 13.8 Å². The van der Waals surface area contributed by atoms with Crippen LogP contribution >= 0.6 is 27.5 Å². The highest BCUT2D eigenvalue weighted by Crippen LogP contribution is 2.37. The van der Waals surface area contributed by atoms with Gasteiger partial charge in [0.05, 0.1) is 33.4 Å². The summed E-state index contributed by atoms with van der Waals surface area (Å²) in [5, 5.41) is 4.19. The number of anilines is 1. The molecule has 0 heterocycles. The molecule has 0 aromatic heterocycles. The lowest BCUT2D eigenvalue weighted by atomic mass is 10.2. The molecule has 1 amide bonds. The van der Waals surface area contributed by atoms with E-state index in [9.17, 15) is 13.2 Å². The largest absolute Gasteiger partial charge is 0.493 e. The fraction of sp³-hybridized carbons (Fsp3) is 0.103. The number of benzene rings is 4. The number of sulfonamides is 1. The van der Waals surface area contributed by atoms with Crippen LogP contribution in [0.3, 0.4) is 0 Å². The number of halogens is 2. The SMILES string of the molecule is COc1cc(/C=N\NC(=O)CN(c2ccccc2Cl)S(=O)(=O)c2ccccc2)cc(Br)c1OCc1ccccc1. The topological polar surface area (TPSA) is 97.3 Å². The van der Waals surface area contributed by atoms with Crippen LogP contribution < -0.4 is 19.2 Å². The number of rotatable bonds is 11. The van der Waals surface area contributed by atoms with Crippen molar-refractivity contribution in [3.8, 4) is 11.5 Å². The lowest BCUT2D eigenvalue weighted by molar-refractivity contribution is -0.119. The maximum Gasteiger partial charge on any atom is 0.264 e. The standard InChI is InChI=1S/C29H25BrClN3O5S/c1-38-27-17-22(16-24(30)29(27)39-20-21-10-4-2-5-11-21)18-32-33-28(35)19-34(26-15-9-8-14-25(26)31)40(36,37)23-12-6-3-7-13-23/h2-18H,19-20H2,1H3,(H,33,35)/b32-18-. The van der Waals surface area contributed by atoms with Crippen LogP contribution in [0.25, 0.3) is 0 Å². The van der Waals surface area contributed by atoms with Gasteiger partial charge in [-0.1, -0.05) is 72.3 Å². The van der Waals surface area contributed by atoms with Crippen LogP contribution in [0.4, 0.5) is 5.69 Å². The Hall–Kier alpha value is -3.86. The zero-order valence-electron chi connectivity index (χ0n) is 21.3. The van der Waals surface area contributed by atoms with Crippen molar-refractivity contribution in [2.75, 3.05) is 18.0 Å². The van der Waals surface area contributed by atoms with Gasteiger partial charge in [0, 0.05) is 0 Å². The van der Waals surface area contributed by atoms with Crippen molar-refractivity contribution in [3.05, 3.63) is 118 Å². The van der Waals surface area contributed by atoms with Crippen LogP contribution in [-0.4, -0.2) is 34.2 Å². The maximum atomic E-state index is 13.4. The first-order valence-corrected chi connectivity index (χ1v) is 14.6. The minimum absolute atomic E-state index is 0.0257. The van der Waals surface area contributed by atoms with Gasteiger partial charge in [0.25, 0.3) is 15.9 Å². The summed E-state index contributed by atoms with van der Waals surface area (Å²) in [5.74, 6) is 0.329.